The van der Waals surface area contributed by atoms with E-state index in [1.54, 1.807) is 7.11 Å². The first kappa shape index (κ1) is 16.9. The highest BCUT2D eigenvalue weighted by Crippen LogP contribution is 2.43. The highest BCUT2D eigenvalue weighted by Gasteiger charge is 2.17. The molecule has 0 heterocycles. The van der Waals surface area contributed by atoms with Crippen LogP contribution in [0, 0.1) is 6.92 Å². The summed E-state index contributed by atoms with van der Waals surface area (Å²) in [5, 5.41) is 2.47. The minimum Gasteiger partial charge on any atom is -0.495 e. The van der Waals surface area contributed by atoms with Crippen LogP contribution in [-0.4, -0.2) is 7.11 Å². The van der Waals surface area contributed by atoms with Crippen molar-refractivity contribution in [3.8, 4) is 28.0 Å². The smallest absolute Gasteiger partial charge is 0.134 e. The van der Waals surface area contributed by atoms with Crippen molar-refractivity contribution in [1.29, 1.82) is 0 Å². The third-order valence-corrected chi connectivity index (χ3v) is 5.37. The summed E-state index contributed by atoms with van der Waals surface area (Å²) in [4.78, 5) is 0. The molecule has 0 N–H and O–H groups in total. The van der Waals surface area contributed by atoms with E-state index in [1.807, 2.05) is 6.07 Å². The van der Waals surface area contributed by atoms with Crippen LogP contribution in [0.4, 0.5) is 0 Å². The fourth-order valence-electron chi connectivity index (χ4n) is 3.53. The SMILES string of the molecule is COc1c(-c2ccccc2Br)cc(C)cc1-c1cccc2ccccc12. The largest absolute Gasteiger partial charge is 0.495 e. The quantitative estimate of drug-likeness (QED) is 0.350. The number of hydrogen-bond acceptors (Lipinski definition) is 1. The number of aryl methyl sites for hydroxylation is 1. The van der Waals surface area contributed by atoms with Gasteiger partial charge in [-0.2, -0.15) is 0 Å². The van der Waals surface area contributed by atoms with Gasteiger partial charge in [0.1, 0.15) is 5.75 Å². The summed E-state index contributed by atoms with van der Waals surface area (Å²) in [6.45, 7) is 2.13. The predicted molar refractivity (Wildman–Crippen MR) is 114 cm³/mol. The van der Waals surface area contributed by atoms with E-state index in [9.17, 15) is 0 Å². The zero-order valence-electron chi connectivity index (χ0n) is 14.8. The van der Waals surface area contributed by atoms with Crippen LogP contribution in [0.15, 0.2) is 83.3 Å². The number of ether oxygens (including phenoxy) is 1. The molecule has 0 aliphatic carbocycles. The Morgan fingerprint density at radius 1 is 0.692 bits per heavy atom. The third-order valence-electron chi connectivity index (χ3n) is 4.68. The Hall–Kier alpha value is -2.58. The molecule has 0 spiro atoms. The van der Waals surface area contributed by atoms with Crippen molar-refractivity contribution in [3.63, 3.8) is 0 Å². The number of methoxy groups -OCH3 is 1. The number of benzene rings is 4. The van der Waals surface area contributed by atoms with Gasteiger partial charge in [-0.05, 0) is 52.6 Å². The van der Waals surface area contributed by atoms with Gasteiger partial charge in [-0.15, -0.1) is 0 Å². The van der Waals surface area contributed by atoms with E-state index >= 15 is 0 Å². The van der Waals surface area contributed by atoms with Crippen molar-refractivity contribution in [3.05, 3.63) is 88.9 Å². The van der Waals surface area contributed by atoms with Gasteiger partial charge >= 0.3 is 0 Å². The molecule has 0 aliphatic rings. The van der Waals surface area contributed by atoms with Crippen molar-refractivity contribution in [2.24, 2.45) is 0 Å². The molecule has 0 aliphatic heterocycles. The first-order valence-corrected chi connectivity index (χ1v) is 9.40. The number of fused-ring (bicyclic) bond motifs is 1. The van der Waals surface area contributed by atoms with Crippen LogP contribution < -0.4 is 4.74 Å². The minimum atomic E-state index is 0.902. The van der Waals surface area contributed by atoms with Gasteiger partial charge in [0.15, 0.2) is 0 Å². The van der Waals surface area contributed by atoms with Crippen LogP contribution in [0.1, 0.15) is 5.56 Å². The second kappa shape index (κ2) is 6.97. The van der Waals surface area contributed by atoms with Crippen LogP contribution in [0.2, 0.25) is 0 Å². The maximum Gasteiger partial charge on any atom is 0.134 e. The van der Waals surface area contributed by atoms with Gasteiger partial charge < -0.3 is 4.74 Å². The number of hydrogen-bond donors (Lipinski definition) is 0. The third kappa shape index (κ3) is 2.91. The van der Waals surface area contributed by atoms with Gasteiger partial charge in [0.2, 0.25) is 0 Å². The van der Waals surface area contributed by atoms with Crippen molar-refractivity contribution >= 4 is 26.7 Å². The molecule has 1 nitrogen and oxygen atoms in total. The molecule has 0 radical (unpaired) electrons. The Morgan fingerprint density at radius 3 is 2.08 bits per heavy atom. The Morgan fingerprint density at radius 2 is 1.31 bits per heavy atom. The van der Waals surface area contributed by atoms with Crippen LogP contribution >= 0.6 is 15.9 Å². The van der Waals surface area contributed by atoms with Crippen LogP contribution in [-0.2, 0) is 0 Å². The maximum absolute atomic E-state index is 5.92. The van der Waals surface area contributed by atoms with E-state index in [2.05, 4.69) is 95.7 Å². The molecule has 0 aromatic heterocycles. The van der Waals surface area contributed by atoms with Gasteiger partial charge in [0, 0.05) is 15.6 Å². The first-order valence-electron chi connectivity index (χ1n) is 8.60. The molecule has 0 bridgehead atoms. The lowest BCUT2D eigenvalue weighted by atomic mass is 9.92. The molecular formula is C24H19BrO. The summed E-state index contributed by atoms with van der Waals surface area (Å²) >= 11 is 3.69. The average Bonchev–Trinajstić information content (AvgIpc) is 2.67. The topological polar surface area (TPSA) is 9.23 Å². The van der Waals surface area contributed by atoms with E-state index in [4.69, 9.17) is 4.74 Å². The molecule has 4 aromatic rings. The summed E-state index contributed by atoms with van der Waals surface area (Å²) in [5.74, 6) is 0.902. The van der Waals surface area contributed by atoms with E-state index < -0.39 is 0 Å². The fraction of sp³-hybridized carbons (Fsp3) is 0.0833. The van der Waals surface area contributed by atoms with Gasteiger partial charge in [0.25, 0.3) is 0 Å². The summed E-state index contributed by atoms with van der Waals surface area (Å²) in [5.41, 5.74) is 5.75. The summed E-state index contributed by atoms with van der Waals surface area (Å²) in [6.07, 6.45) is 0. The first-order chi connectivity index (χ1) is 12.7. The Balaban J connectivity index is 2.05. The van der Waals surface area contributed by atoms with Crippen molar-refractivity contribution in [2.45, 2.75) is 6.92 Å². The number of rotatable bonds is 3. The molecule has 0 atom stereocenters. The van der Waals surface area contributed by atoms with Crippen molar-refractivity contribution < 1.29 is 4.74 Å². The standard InChI is InChI=1S/C24H19BrO/c1-16-14-21(19-12-7-9-17-8-3-4-10-18(17)19)24(26-2)22(15-16)20-11-5-6-13-23(20)25/h3-15H,1-2H3. The summed E-state index contributed by atoms with van der Waals surface area (Å²) < 4.78 is 6.99. The molecule has 0 unspecified atom stereocenters. The fourth-order valence-corrected chi connectivity index (χ4v) is 4.03. The zero-order valence-corrected chi connectivity index (χ0v) is 16.4. The van der Waals surface area contributed by atoms with Crippen LogP contribution in [0.5, 0.6) is 5.75 Å². The maximum atomic E-state index is 5.92. The van der Waals surface area contributed by atoms with Crippen molar-refractivity contribution in [1.82, 2.24) is 0 Å². The van der Waals surface area contributed by atoms with E-state index in [1.165, 1.54) is 21.9 Å². The minimum absolute atomic E-state index is 0.902. The highest BCUT2D eigenvalue weighted by atomic mass is 79.9. The predicted octanol–water partition coefficient (Wildman–Crippen LogP) is 7.25. The lowest BCUT2D eigenvalue weighted by Gasteiger charge is -2.17. The van der Waals surface area contributed by atoms with Gasteiger partial charge in [-0.25, -0.2) is 0 Å². The molecule has 0 amide bonds. The average molecular weight is 403 g/mol. The monoisotopic (exact) mass is 402 g/mol. The molecule has 0 saturated carbocycles. The van der Waals surface area contributed by atoms with Crippen LogP contribution in [0.25, 0.3) is 33.0 Å². The molecule has 2 heteroatoms. The number of halogens is 1. The second-order valence-corrected chi connectivity index (χ2v) is 7.25. The van der Waals surface area contributed by atoms with Gasteiger partial charge in [-0.1, -0.05) is 76.6 Å². The Bertz CT molecular complexity index is 1090. The Labute approximate surface area is 162 Å². The highest BCUT2D eigenvalue weighted by molar-refractivity contribution is 9.10. The molecule has 0 fully saturated rings. The van der Waals surface area contributed by atoms with E-state index in [-0.39, 0.29) is 0 Å². The summed E-state index contributed by atoms with van der Waals surface area (Å²) in [6, 6.07) is 27.6. The molecule has 26 heavy (non-hydrogen) atoms. The molecule has 0 saturated heterocycles. The zero-order chi connectivity index (χ0) is 18.1. The van der Waals surface area contributed by atoms with E-state index in [0.717, 1.165) is 26.9 Å². The molecular weight excluding hydrogens is 384 g/mol. The van der Waals surface area contributed by atoms with Crippen molar-refractivity contribution in [2.75, 3.05) is 7.11 Å². The summed E-state index contributed by atoms with van der Waals surface area (Å²) in [7, 11) is 1.75. The Kier molecular flexibility index (Phi) is 4.52. The second-order valence-electron chi connectivity index (χ2n) is 6.40. The molecule has 4 rings (SSSR count). The molecule has 128 valence electrons. The normalized spacial score (nSPS) is 10.9. The lowest BCUT2D eigenvalue weighted by Crippen LogP contribution is -1.95. The van der Waals surface area contributed by atoms with Gasteiger partial charge in [0.05, 0.1) is 7.11 Å². The molecule has 4 aromatic carbocycles. The van der Waals surface area contributed by atoms with Crippen LogP contribution in [0.3, 0.4) is 0 Å². The lowest BCUT2D eigenvalue weighted by molar-refractivity contribution is 0.418. The van der Waals surface area contributed by atoms with E-state index in [0.29, 0.717) is 0 Å². The van der Waals surface area contributed by atoms with Gasteiger partial charge in [-0.3, -0.25) is 0 Å².